The Morgan fingerprint density at radius 1 is 0.176 bits per heavy atom. The van der Waals surface area contributed by atoms with Crippen molar-refractivity contribution in [1.82, 2.24) is 0 Å². The Balaban J connectivity index is 0.882. The normalized spacial score (nSPS) is 11.2. The predicted octanol–water partition coefficient (Wildman–Crippen LogP) is 18.8. The monoisotopic (exact) mass is 866 g/mol. The third-order valence-electron chi connectivity index (χ3n) is 13.2. The molecule has 2 heteroatoms. The van der Waals surface area contributed by atoms with Crippen LogP contribution in [-0.2, 0) is 0 Å². The highest BCUT2D eigenvalue weighted by atomic mass is 15.2. The smallest absolute Gasteiger partial charge is 0.0463 e. The average molecular weight is 867 g/mol. The predicted molar refractivity (Wildman–Crippen MR) is 290 cm³/mol. The maximum absolute atomic E-state index is 2.34. The SMILES string of the molecule is c1ccc(N(c2ccccc2)c2ccc(N(c3ccccc3)c3ccc(-c4c5ccccc5c(-c5ccc(-c6ccc(-c7ccc8ccccc8c7)cc6)cc5)c5ccccc45)cc3)cc2)cc1. The van der Waals surface area contributed by atoms with Crippen molar-refractivity contribution in [2.45, 2.75) is 0 Å². The van der Waals surface area contributed by atoms with Gasteiger partial charge in [-0.15, -0.1) is 0 Å². The molecule has 0 amide bonds. The van der Waals surface area contributed by atoms with Crippen molar-refractivity contribution in [2.24, 2.45) is 0 Å². The van der Waals surface area contributed by atoms with Crippen LogP contribution < -0.4 is 9.80 Å². The average Bonchev–Trinajstić information content (AvgIpc) is 3.42. The molecule has 0 radical (unpaired) electrons. The van der Waals surface area contributed by atoms with E-state index in [1.165, 1.54) is 76.8 Å². The molecule has 0 aliphatic rings. The number of benzene rings is 12. The van der Waals surface area contributed by atoms with Gasteiger partial charge in [0.2, 0.25) is 0 Å². The largest absolute Gasteiger partial charge is 0.311 e. The van der Waals surface area contributed by atoms with E-state index >= 15 is 0 Å². The first-order chi connectivity index (χ1) is 33.7. The molecule has 0 saturated heterocycles. The number of rotatable bonds is 10. The molecule has 0 aliphatic heterocycles. The lowest BCUT2D eigenvalue weighted by Crippen LogP contribution is -2.12. The molecule has 0 aromatic heterocycles. The number of fused-ring (bicyclic) bond motifs is 3. The van der Waals surface area contributed by atoms with Gasteiger partial charge in [-0.3, -0.25) is 0 Å². The van der Waals surface area contributed by atoms with Gasteiger partial charge in [0.15, 0.2) is 0 Å². The van der Waals surface area contributed by atoms with Crippen molar-refractivity contribution in [3.8, 4) is 44.5 Å². The fourth-order valence-electron chi connectivity index (χ4n) is 9.96. The summed E-state index contributed by atoms with van der Waals surface area (Å²) in [5, 5.41) is 7.47. The summed E-state index contributed by atoms with van der Waals surface area (Å²) in [7, 11) is 0. The molecule has 0 heterocycles. The van der Waals surface area contributed by atoms with Crippen LogP contribution in [0.25, 0.3) is 76.8 Å². The second-order valence-corrected chi connectivity index (χ2v) is 17.3. The summed E-state index contributed by atoms with van der Waals surface area (Å²) in [5.41, 5.74) is 16.3. The molecule has 320 valence electrons. The second kappa shape index (κ2) is 17.8. The molecular weight excluding hydrogens is 821 g/mol. The summed E-state index contributed by atoms with van der Waals surface area (Å²) in [6.45, 7) is 0. The Bertz CT molecular complexity index is 3580. The van der Waals surface area contributed by atoms with Crippen LogP contribution in [-0.4, -0.2) is 0 Å². The highest BCUT2D eigenvalue weighted by molar-refractivity contribution is 6.21. The van der Waals surface area contributed by atoms with E-state index in [4.69, 9.17) is 0 Å². The maximum atomic E-state index is 2.34. The van der Waals surface area contributed by atoms with Crippen molar-refractivity contribution in [2.75, 3.05) is 9.80 Å². The molecule has 0 fully saturated rings. The van der Waals surface area contributed by atoms with Crippen molar-refractivity contribution < 1.29 is 0 Å². The first-order valence-electron chi connectivity index (χ1n) is 23.3. The number of para-hydroxylation sites is 3. The van der Waals surface area contributed by atoms with E-state index in [9.17, 15) is 0 Å². The lowest BCUT2D eigenvalue weighted by Gasteiger charge is -2.28. The van der Waals surface area contributed by atoms with E-state index in [1.54, 1.807) is 0 Å². The van der Waals surface area contributed by atoms with Crippen LogP contribution in [0, 0.1) is 0 Å². The van der Waals surface area contributed by atoms with Crippen molar-refractivity contribution in [1.29, 1.82) is 0 Å². The minimum atomic E-state index is 1.08. The summed E-state index contributed by atoms with van der Waals surface area (Å²) in [4.78, 5) is 4.64. The molecule has 12 aromatic carbocycles. The van der Waals surface area contributed by atoms with Crippen molar-refractivity contribution in [3.63, 3.8) is 0 Å². The van der Waals surface area contributed by atoms with Gasteiger partial charge in [-0.25, -0.2) is 0 Å². The van der Waals surface area contributed by atoms with E-state index in [1.807, 2.05) is 0 Å². The lowest BCUT2D eigenvalue weighted by molar-refractivity contribution is 1.26. The molecule has 0 atom stereocenters. The molecule has 0 spiro atoms. The van der Waals surface area contributed by atoms with E-state index in [-0.39, 0.29) is 0 Å². The fourth-order valence-corrected chi connectivity index (χ4v) is 9.96. The van der Waals surface area contributed by atoms with Crippen molar-refractivity contribution in [3.05, 3.63) is 279 Å². The molecule has 12 aromatic rings. The standard InChI is InChI=1S/C66H46N2/c1-4-18-55(19-5-1)67(56-20-6-2-7-21-56)59-42-44-60(45-43-59)68(57-22-8-3-9-23-57)58-40-38-52(39-41-58)66-63-26-14-12-24-61(63)65(62-25-13-15-27-64(62)66)51-35-32-49(33-36-51)48-28-30-50(31-29-48)54-37-34-47-16-10-11-17-53(47)46-54/h1-46H. The van der Waals surface area contributed by atoms with Crippen LogP contribution in [0.3, 0.4) is 0 Å². The zero-order valence-corrected chi connectivity index (χ0v) is 37.5. The quantitative estimate of drug-likeness (QED) is 0.126. The van der Waals surface area contributed by atoms with Gasteiger partial charge < -0.3 is 9.80 Å². The van der Waals surface area contributed by atoms with Crippen LogP contribution in [0.4, 0.5) is 34.1 Å². The van der Waals surface area contributed by atoms with Crippen molar-refractivity contribution >= 4 is 66.4 Å². The molecule has 0 aliphatic carbocycles. The van der Waals surface area contributed by atoms with Gasteiger partial charge >= 0.3 is 0 Å². The Kier molecular flexibility index (Phi) is 10.6. The van der Waals surface area contributed by atoms with Gasteiger partial charge in [0.05, 0.1) is 0 Å². The van der Waals surface area contributed by atoms with E-state index < -0.39 is 0 Å². The molecular formula is C66H46N2. The molecule has 0 unspecified atom stereocenters. The van der Waals surface area contributed by atoms with E-state index in [0.29, 0.717) is 0 Å². The highest BCUT2D eigenvalue weighted by Crippen LogP contribution is 2.45. The van der Waals surface area contributed by atoms with Crippen LogP contribution >= 0.6 is 0 Å². The topological polar surface area (TPSA) is 6.48 Å². The molecule has 2 nitrogen and oxygen atoms in total. The van der Waals surface area contributed by atoms with Gasteiger partial charge in [-0.2, -0.15) is 0 Å². The first-order valence-corrected chi connectivity index (χ1v) is 23.3. The first kappa shape index (κ1) is 40.5. The number of nitrogens with zero attached hydrogens (tertiary/aromatic N) is 2. The minimum Gasteiger partial charge on any atom is -0.311 e. The van der Waals surface area contributed by atoms with Crippen LogP contribution in [0.2, 0.25) is 0 Å². The third kappa shape index (κ3) is 7.64. The Hall–Kier alpha value is -8.98. The Morgan fingerprint density at radius 2 is 0.441 bits per heavy atom. The molecule has 68 heavy (non-hydrogen) atoms. The second-order valence-electron chi connectivity index (χ2n) is 17.3. The Morgan fingerprint density at radius 3 is 0.838 bits per heavy atom. The fraction of sp³-hybridized carbons (Fsp3) is 0. The molecule has 12 rings (SSSR count). The third-order valence-corrected chi connectivity index (χ3v) is 13.2. The van der Waals surface area contributed by atoms with E-state index in [2.05, 4.69) is 289 Å². The van der Waals surface area contributed by atoms with E-state index in [0.717, 1.165) is 34.1 Å². The van der Waals surface area contributed by atoms with Crippen LogP contribution in [0.15, 0.2) is 279 Å². The molecule has 0 bridgehead atoms. The zero-order valence-electron chi connectivity index (χ0n) is 37.5. The molecule has 0 saturated carbocycles. The summed E-state index contributed by atoms with van der Waals surface area (Å²) in [6, 6.07) is 101. The molecule has 0 N–H and O–H groups in total. The summed E-state index contributed by atoms with van der Waals surface area (Å²) in [5.74, 6) is 0. The van der Waals surface area contributed by atoms with Crippen LogP contribution in [0.5, 0.6) is 0 Å². The number of hydrogen-bond acceptors (Lipinski definition) is 2. The van der Waals surface area contributed by atoms with Gasteiger partial charge in [-0.1, -0.05) is 200 Å². The van der Waals surface area contributed by atoms with Crippen LogP contribution in [0.1, 0.15) is 0 Å². The Labute approximate surface area is 397 Å². The highest BCUT2D eigenvalue weighted by Gasteiger charge is 2.19. The van der Waals surface area contributed by atoms with Gasteiger partial charge in [0.25, 0.3) is 0 Å². The van der Waals surface area contributed by atoms with Gasteiger partial charge in [0.1, 0.15) is 0 Å². The summed E-state index contributed by atoms with van der Waals surface area (Å²) < 4.78 is 0. The number of anilines is 6. The zero-order chi connectivity index (χ0) is 45.2. The maximum Gasteiger partial charge on any atom is 0.0463 e. The summed E-state index contributed by atoms with van der Waals surface area (Å²) in [6.07, 6.45) is 0. The van der Waals surface area contributed by atoms with Gasteiger partial charge in [0, 0.05) is 34.1 Å². The minimum absolute atomic E-state index is 1.08. The number of hydrogen-bond donors (Lipinski definition) is 0. The van der Waals surface area contributed by atoms with Gasteiger partial charge in [-0.05, 0) is 156 Å². The summed E-state index contributed by atoms with van der Waals surface area (Å²) >= 11 is 0. The lowest BCUT2D eigenvalue weighted by atomic mass is 9.85.